The number of ether oxygens (including phenoxy) is 1. The molecule has 0 amide bonds. The second-order valence-electron chi connectivity index (χ2n) is 4.91. The molecule has 0 spiro atoms. The summed E-state index contributed by atoms with van der Waals surface area (Å²) < 4.78 is 5.79. The normalized spacial score (nSPS) is 20.5. The molecule has 1 aliphatic carbocycles. The van der Waals surface area contributed by atoms with Gasteiger partial charge in [-0.25, -0.2) is 0 Å². The summed E-state index contributed by atoms with van der Waals surface area (Å²) in [4.78, 5) is 11.7. The molecule has 3 heteroatoms. The highest BCUT2D eigenvalue weighted by molar-refractivity contribution is 6.13. The largest absolute Gasteiger partial charge is 0.492 e. The van der Waals surface area contributed by atoms with E-state index < -0.39 is 0 Å². The van der Waals surface area contributed by atoms with Crippen LogP contribution >= 0.6 is 0 Å². The Hall–Kier alpha value is -1.61. The summed E-state index contributed by atoms with van der Waals surface area (Å²) in [6.07, 6.45) is 5.55. The Labute approximate surface area is 107 Å². The third kappa shape index (κ3) is 1.95. The molecule has 1 aliphatic heterocycles. The molecule has 94 valence electrons. The van der Waals surface area contributed by atoms with Gasteiger partial charge in [-0.3, -0.25) is 4.79 Å². The average molecular weight is 243 g/mol. The number of ketones is 1. The van der Waals surface area contributed by atoms with Gasteiger partial charge in [0, 0.05) is 11.6 Å². The minimum absolute atomic E-state index is 0.108. The summed E-state index contributed by atoms with van der Waals surface area (Å²) in [7, 11) is 0. The third-order valence-electron chi connectivity index (χ3n) is 3.50. The third-order valence-corrected chi connectivity index (χ3v) is 3.50. The van der Waals surface area contributed by atoms with Gasteiger partial charge >= 0.3 is 0 Å². The number of hydrogen-bond donors (Lipinski definition) is 1. The first kappa shape index (κ1) is 11.5. The van der Waals surface area contributed by atoms with Crippen molar-refractivity contribution in [1.29, 1.82) is 0 Å². The number of carbonyl (C=O) groups excluding carboxylic acids is 1. The predicted octanol–water partition coefficient (Wildman–Crippen LogP) is 2.20. The Morgan fingerprint density at radius 2 is 2.28 bits per heavy atom. The van der Waals surface area contributed by atoms with Gasteiger partial charge < -0.3 is 10.1 Å². The minimum atomic E-state index is 0.108. The standard InChI is InChI=1S/C15H17NO2/c1-2-5-16-12-6-11-7-13-10(3-4-14(13)17)8-15(11)18-9-12/h3-4,7-8,12,16H,2,5-6,9H2,1H3/t12-/m0/s1. The van der Waals surface area contributed by atoms with Crippen molar-refractivity contribution in [3.05, 3.63) is 34.9 Å². The molecule has 0 radical (unpaired) electrons. The summed E-state index contributed by atoms with van der Waals surface area (Å²) in [5.41, 5.74) is 2.94. The van der Waals surface area contributed by atoms with Crippen LogP contribution < -0.4 is 10.1 Å². The fourth-order valence-electron chi connectivity index (χ4n) is 2.54. The number of fused-ring (bicyclic) bond motifs is 2. The van der Waals surface area contributed by atoms with Crippen LogP contribution in [-0.4, -0.2) is 25.0 Å². The number of nitrogens with one attached hydrogen (secondary N) is 1. The second-order valence-corrected chi connectivity index (χ2v) is 4.91. The molecule has 0 fully saturated rings. The van der Waals surface area contributed by atoms with Gasteiger partial charge in [0.25, 0.3) is 0 Å². The molecule has 3 rings (SSSR count). The summed E-state index contributed by atoms with van der Waals surface area (Å²) >= 11 is 0. The molecule has 0 saturated carbocycles. The van der Waals surface area contributed by atoms with E-state index in [4.69, 9.17) is 4.74 Å². The molecule has 3 nitrogen and oxygen atoms in total. The van der Waals surface area contributed by atoms with Crippen LogP contribution in [0, 0.1) is 0 Å². The van der Waals surface area contributed by atoms with Gasteiger partial charge in [-0.05, 0) is 48.7 Å². The van der Waals surface area contributed by atoms with E-state index in [1.807, 2.05) is 18.2 Å². The first-order chi connectivity index (χ1) is 8.78. The van der Waals surface area contributed by atoms with Crippen molar-refractivity contribution in [2.45, 2.75) is 25.8 Å². The van der Waals surface area contributed by atoms with Gasteiger partial charge in [0.1, 0.15) is 12.4 Å². The van der Waals surface area contributed by atoms with Crippen LogP contribution in [-0.2, 0) is 6.42 Å². The number of allylic oxidation sites excluding steroid dienone is 1. The van der Waals surface area contributed by atoms with Crippen LogP contribution in [0.15, 0.2) is 18.2 Å². The van der Waals surface area contributed by atoms with Crippen molar-refractivity contribution in [2.75, 3.05) is 13.2 Å². The maximum atomic E-state index is 11.7. The fraction of sp³-hybridized carbons (Fsp3) is 0.400. The molecule has 1 atom stereocenters. The van der Waals surface area contributed by atoms with E-state index in [1.165, 1.54) is 0 Å². The highest BCUT2D eigenvalue weighted by Gasteiger charge is 2.23. The van der Waals surface area contributed by atoms with Crippen molar-refractivity contribution in [3.63, 3.8) is 0 Å². The van der Waals surface area contributed by atoms with Crippen molar-refractivity contribution in [1.82, 2.24) is 5.32 Å². The maximum absolute atomic E-state index is 11.7. The Morgan fingerprint density at radius 1 is 1.39 bits per heavy atom. The Balaban J connectivity index is 1.84. The molecule has 0 saturated heterocycles. The molecule has 0 bridgehead atoms. The van der Waals surface area contributed by atoms with Gasteiger partial charge in [0.2, 0.25) is 0 Å². The zero-order valence-electron chi connectivity index (χ0n) is 10.5. The van der Waals surface area contributed by atoms with E-state index in [-0.39, 0.29) is 5.78 Å². The quantitative estimate of drug-likeness (QED) is 0.884. The summed E-state index contributed by atoms with van der Waals surface area (Å²) in [6, 6.07) is 4.34. The Bertz CT molecular complexity index is 519. The van der Waals surface area contributed by atoms with Crippen molar-refractivity contribution in [3.8, 4) is 5.75 Å². The lowest BCUT2D eigenvalue weighted by molar-refractivity contribution is 0.105. The number of carbonyl (C=O) groups is 1. The van der Waals surface area contributed by atoms with E-state index in [2.05, 4.69) is 12.2 Å². The summed E-state index contributed by atoms with van der Waals surface area (Å²) in [5, 5.41) is 3.47. The first-order valence-electron chi connectivity index (χ1n) is 6.53. The lowest BCUT2D eigenvalue weighted by atomic mass is 9.97. The van der Waals surface area contributed by atoms with Crippen LogP contribution in [0.5, 0.6) is 5.75 Å². The maximum Gasteiger partial charge on any atom is 0.186 e. The number of benzene rings is 1. The van der Waals surface area contributed by atoms with Crippen LogP contribution in [0.3, 0.4) is 0 Å². The first-order valence-corrected chi connectivity index (χ1v) is 6.53. The molecule has 1 aromatic rings. The SMILES string of the molecule is CCCN[C@@H]1COc2cc3c(cc2C1)C(=O)C=C3. The average Bonchev–Trinajstić information content (AvgIpc) is 2.75. The van der Waals surface area contributed by atoms with Crippen molar-refractivity contribution >= 4 is 11.9 Å². The Kier molecular flexibility index (Phi) is 2.92. The van der Waals surface area contributed by atoms with E-state index in [1.54, 1.807) is 6.08 Å². The zero-order chi connectivity index (χ0) is 12.5. The highest BCUT2D eigenvalue weighted by atomic mass is 16.5. The van der Waals surface area contributed by atoms with Crippen LogP contribution in [0.4, 0.5) is 0 Å². The summed E-state index contributed by atoms with van der Waals surface area (Å²) in [5.74, 6) is 1.04. The molecule has 1 N–H and O–H groups in total. The highest BCUT2D eigenvalue weighted by Crippen LogP contribution is 2.31. The summed E-state index contributed by atoms with van der Waals surface area (Å²) in [6.45, 7) is 3.88. The van der Waals surface area contributed by atoms with Crippen molar-refractivity contribution in [2.24, 2.45) is 0 Å². The molecule has 0 aromatic heterocycles. The molecule has 1 heterocycles. The van der Waals surface area contributed by atoms with E-state index in [0.29, 0.717) is 12.6 Å². The van der Waals surface area contributed by atoms with Crippen molar-refractivity contribution < 1.29 is 9.53 Å². The van der Waals surface area contributed by atoms with Gasteiger partial charge in [-0.2, -0.15) is 0 Å². The number of rotatable bonds is 3. The minimum Gasteiger partial charge on any atom is -0.492 e. The topological polar surface area (TPSA) is 38.3 Å². The second kappa shape index (κ2) is 4.58. The van der Waals surface area contributed by atoms with Gasteiger partial charge in [0.15, 0.2) is 5.78 Å². The van der Waals surface area contributed by atoms with E-state index in [9.17, 15) is 4.79 Å². The molecular formula is C15H17NO2. The zero-order valence-corrected chi connectivity index (χ0v) is 10.5. The molecule has 0 unspecified atom stereocenters. The smallest absolute Gasteiger partial charge is 0.186 e. The molecule has 2 aliphatic rings. The lowest BCUT2D eigenvalue weighted by Crippen LogP contribution is -2.39. The Morgan fingerprint density at radius 3 is 3.11 bits per heavy atom. The number of hydrogen-bond acceptors (Lipinski definition) is 3. The lowest BCUT2D eigenvalue weighted by Gasteiger charge is -2.26. The van der Waals surface area contributed by atoms with Crippen LogP contribution in [0.25, 0.3) is 6.08 Å². The van der Waals surface area contributed by atoms with E-state index >= 15 is 0 Å². The van der Waals surface area contributed by atoms with Crippen LogP contribution in [0.2, 0.25) is 0 Å². The molecule has 18 heavy (non-hydrogen) atoms. The molecular weight excluding hydrogens is 226 g/mol. The van der Waals surface area contributed by atoms with E-state index in [0.717, 1.165) is 41.8 Å². The van der Waals surface area contributed by atoms with Gasteiger partial charge in [-0.15, -0.1) is 0 Å². The monoisotopic (exact) mass is 243 g/mol. The predicted molar refractivity (Wildman–Crippen MR) is 71.1 cm³/mol. The van der Waals surface area contributed by atoms with Crippen LogP contribution in [0.1, 0.15) is 34.8 Å². The molecule has 1 aromatic carbocycles. The van der Waals surface area contributed by atoms with Gasteiger partial charge in [0.05, 0.1) is 0 Å². The fourth-order valence-corrected chi connectivity index (χ4v) is 2.54. The van der Waals surface area contributed by atoms with Gasteiger partial charge in [-0.1, -0.05) is 13.0 Å².